The molecule has 0 amide bonds. The lowest BCUT2D eigenvalue weighted by Gasteiger charge is -2.70. The topological polar surface area (TPSA) is 82.1 Å². The van der Waals surface area contributed by atoms with E-state index in [1.54, 1.807) is 55.6 Å². The number of aliphatic hydroxyl groups is 1. The van der Waals surface area contributed by atoms with Crippen molar-refractivity contribution in [2.75, 3.05) is 7.11 Å². The molecule has 292 valence electrons. The van der Waals surface area contributed by atoms with Gasteiger partial charge in [-0.05, 0) is 168 Å². The van der Waals surface area contributed by atoms with Gasteiger partial charge in [-0.25, -0.2) is 9.59 Å². The Morgan fingerprint density at radius 2 is 1.30 bits per heavy atom. The van der Waals surface area contributed by atoms with E-state index in [0.717, 1.165) is 57.8 Å². The zero-order valence-corrected chi connectivity index (χ0v) is 34.9. The SMILES string of the molecule is COC(C)(C)CCC[C@@](C)(O)[C@H]1CC[C@]2(C)[C@@H]1[C@H](OC(=O)c1ccc(Cl)cc1)C[C@@H]1[C@@]3(C)CC[C@H](OC(=O)c4ccc(Cl)cc4)C(C)(C)[C@@H]3CC[C@]12C. The molecule has 4 fully saturated rings. The molecule has 2 aromatic rings. The molecule has 6 nitrogen and oxygen atoms in total. The fourth-order valence-corrected chi connectivity index (χ4v) is 12.7. The maximum atomic E-state index is 14.0. The van der Waals surface area contributed by atoms with Crippen LogP contribution in [0.4, 0.5) is 0 Å². The van der Waals surface area contributed by atoms with Crippen molar-refractivity contribution in [1.29, 1.82) is 0 Å². The Kier molecular flexibility index (Phi) is 11.0. The quantitative estimate of drug-likeness (QED) is 0.242. The van der Waals surface area contributed by atoms with Crippen molar-refractivity contribution in [2.24, 2.45) is 45.3 Å². The minimum absolute atomic E-state index is 0.00951. The minimum Gasteiger partial charge on any atom is -0.458 e. The molecule has 8 heteroatoms. The van der Waals surface area contributed by atoms with E-state index in [0.29, 0.717) is 33.5 Å². The van der Waals surface area contributed by atoms with E-state index in [9.17, 15) is 14.7 Å². The maximum Gasteiger partial charge on any atom is 0.338 e. The van der Waals surface area contributed by atoms with Crippen LogP contribution in [0.25, 0.3) is 0 Å². The molecule has 0 aromatic heterocycles. The second-order valence-electron chi connectivity index (χ2n) is 19.3. The molecule has 6 rings (SSSR count). The lowest BCUT2D eigenvalue weighted by Crippen LogP contribution is -2.67. The zero-order valence-electron chi connectivity index (χ0n) is 33.4. The van der Waals surface area contributed by atoms with Crippen LogP contribution in [0, 0.1) is 45.3 Å². The van der Waals surface area contributed by atoms with Crippen molar-refractivity contribution in [3.63, 3.8) is 0 Å². The first-order valence-corrected chi connectivity index (χ1v) is 20.6. The molecule has 0 heterocycles. The van der Waals surface area contributed by atoms with Gasteiger partial charge in [0.2, 0.25) is 0 Å². The first kappa shape index (κ1) is 40.5. The second kappa shape index (κ2) is 14.4. The van der Waals surface area contributed by atoms with Gasteiger partial charge in [0.1, 0.15) is 12.2 Å². The van der Waals surface area contributed by atoms with Crippen molar-refractivity contribution in [1.82, 2.24) is 0 Å². The fourth-order valence-electron chi connectivity index (χ4n) is 12.5. The van der Waals surface area contributed by atoms with E-state index in [2.05, 4.69) is 48.5 Å². The average molecular weight is 770 g/mol. The van der Waals surface area contributed by atoms with Crippen LogP contribution in [0.1, 0.15) is 140 Å². The van der Waals surface area contributed by atoms with E-state index in [4.69, 9.17) is 37.4 Å². The molecule has 0 unspecified atom stereocenters. The van der Waals surface area contributed by atoms with Crippen LogP contribution in [0.15, 0.2) is 48.5 Å². The van der Waals surface area contributed by atoms with Crippen molar-refractivity contribution < 1.29 is 28.9 Å². The number of hydrogen-bond acceptors (Lipinski definition) is 6. The second-order valence-corrected chi connectivity index (χ2v) is 20.2. The normalized spacial score (nSPS) is 36.0. The Labute approximate surface area is 328 Å². The summed E-state index contributed by atoms with van der Waals surface area (Å²) in [5.74, 6) is -0.0564. The summed E-state index contributed by atoms with van der Waals surface area (Å²) in [6, 6.07) is 13.9. The summed E-state index contributed by atoms with van der Waals surface area (Å²) in [7, 11) is 1.75. The highest BCUT2D eigenvalue weighted by molar-refractivity contribution is 6.31. The molecular formula is C45H62Cl2O6. The monoisotopic (exact) mass is 768 g/mol. The van der Waals surface area contributed by atoms with E-state index in [1.165, 1.54) is 0 Å². The lowest BCUT2D eigenvalue weighted by molar-refractivity contribution is -0.246. The van der Waals surface area contributed by atoms with E-state index in [1.807, 2.05) is 6.92 Å². The smallest absolute Gasteiger partial charge is 0.338 e. The van der Waals surface area contributed by atoms with E-state index >= 15 is 0 Å². The highest BCUT2D eigenvalue weighted by Crippen LogP contribution is 2.76. The van der Waals surface area contributed by atoms with Gasteiger partial charge in [-0.1, -0.05) is 57.8 Å². The van der Waals surface area contributed by atoms with Gasteiger partial charge >= 0.3 is 11.9 Å². The third-order valence-electron chi connectivity index (χ3n) is 15.8. The standard InChI is InChI=1S/C45H62Cl2O6/c1-40(2,51-9)22-10-23-45(8,50)32-19-25-44(7)37(32)33(52-38(48)28-11-15-30(46)16-12-28)27-35-42(5)24-21-36(41(3,4)34(42)20-26-43(35,44)6)53-39(49)29-13-17-31(47)18-14-29/h11-18,32-37,50H,10,19-27H2,1-9H3/t32-,33+,34-,35+,36-,37-,42-,43+,44+,45+/m0/s1. The van der Waals surface area contributed by atoms with Crippen LogP contribution in [0.3, 0.4) is 0 Å². The van der Waals surface area contributed by atoms with Gasteiger partial charge < -0.3 is 19.3 Å². The molecule has 0 spiro atoms. The van der Waals surface area contributed by atoms with Crippen molar-refractivity contribution in [3.05, 3.63) is 69.7 Å². The van der Waals surface area contributed by atoms with Gasteiger partial charge in [-0.3, -0.25) is 0 Å². The fraction of sp³-hybridized carbons (Fsp3) is 0.689. The summed E-state index contributed by atoms with van der Waals surface area (Å²) >= 11 is 12.3. The summed E-state index contributed by atoms with van der Waals surface area (Å²) < 4.78 is 18.7. The number of fused-ring (bicyclic) bond motifs is 5. The van der Waals surface area contributed by atoms with Gasteiger partial charge in [0.25, 0.3) is 0 Å². The molecule has 1 N–H and O–H groups in total. The summed E-state index contributed by atoms with van der Waals surface area (Å²) in [4.78, 5) is 27.4. The molecule has 4 aliphatic carbocycles. The molecule has 4 saturated carbocycles. The number of benzene rings is 2. The van der Waals surface area contributed by atoms with Gasteiger partial charge in [0.15, 0.2) is 0 Å². The third kappa shape index (κ3) is 7.22. The molecule has 0 saturated heterocycles. The number of esters is 2. The van der Waals surface area contributed by atoms with Crippen molar-refractivity contribution in [3.8, 4) is 0 Å². The third-order valence-corrected chi connectivity index (χ3v) is 16.3. The molecule has 0 aliphatic heterocycles. The summed E-state index contributed by atoms with van der Waals surface area (Å²) in [6.07, 6.45) is 8.21. The molecule has 2 aromatic carbocycles. The van der Waals surface area contributed by atoms with Gasteiger partial charge in [-0.2, -0.15) is 0 Å². The molecular weight excluding hydrogens is 707 g/mol. The summed E-state index contributed by atoms with van der Waals surface area (Å²) in [5, 5.41) is 13.5. The number of carbonyl (C=O) groups is 2. The number of rotatable bonds is 10. The van der Waals surface area contributed by atoms with Gasteiger partial charge in [0, 0.05) is 28.5 Å². The average Bonchev–Trinajstić information content (AvgIpc) is 3.47. The Hall–Kier alpha value is -2.12. The van der Waals surface area contributed by atoms with E-state index < -0.39 is 5.60 Å². The van der Waals surface area contributed by atoms with Gasteiger partial charge in [0.05, 0.1) is 22.3 Å². The first-order valence-electron chi connectivity index (χ1n) is 19.9. The highest BCUT2D eigenvalue weighted by Gasteiger charge is 2.72. The van der Waals surface area contributed by atoms with Crippen LogP contribution in [0.5, 0.6) is 0 Å². The highest BCUT2D eigenvalue weighted by atomic mass is 35.5. The molecule has 4 aliphatic rings. The number of hydrogen-bond donors (Lipinski definition) is 1. The van der Waals surface area contributed by atoms with Crippen LogP contribution in [0.2, 0.25) is 10.0 Å². The number of methoxy groups -OCH3 is 1. The zero-order chi connectivity index (χ0) is 38.8. The first-order chi connectivity index (χ1) is 24.7. The Morgan fingerprint density at radius 3 is 1.87 bits per heavy atom. The molecule has 10 atom stereocenters. The Bertz CT molecular complexity index is 1650. The largest absolute Gasteiger partial charge is 0.458 e. The van der Waals surface area contributed by atoms with Crippen LogP contribution >= 0.6 is 23.2 Å². The van der Waals surface area contributed by atoms with Crippen molar-refractivity contribution in [2.45, 2.75) is 143 Å². The van der Waals surface area contributed by atoms with Crippen LogP contribution < -0.4 is 0 Å². The maximum absolute atomic E-state index is 14.0. The predicted molar refractivity (Wildman–Crippen MR) is 211 cm³/mol. The van der Waals surface area contributed by atoms with Crippen LogP contribution in [-0.4, -0.2) is 47.6 Å². The molecule has 53 heavy (non-hydrogen) atoms. The van der Waals surface area contributed by atoms with Gasteiger partial charge in [-0.15, -0.1) is 0 Å². The Morgan fingerprint density at radius 1 is 0.755 bits per heavy atom. The Balaban J connectivity index is 1.32. The number of halogens is 2. The van der Waals surface area contributed by atoms with E-state index in [-0.39, 0.29) is 69.2 Å². The lowest BCUT2D eigenvalue weighted by atomic mass is 9.35. The number of carbonyl (C=O) groups excluding carboxylic acids is 2. The van der Waals surface area contributed by atoms with Crippen molar-refractivity contribution >= 4 is 35.1 Å². The van der Waals surface area contributed by atoms with Crippen LogP contribution in [-0.2, 0) is 14.2 Å². The predicted octanol–water partition coefficient (Wildman–Crippen LogP) is 11.4. The summed E-state index contributed by atoms with van der Waals surface area (Å²) in [6.45, 7) is 18.2. The molecule has 0 bridgehead atoms. The summed E-state index contributed by atoms with van der Waals surface area (Å²) in [5.41, 5.74) is -0.681. The minimum atomic E-state index is -0.921. The molecule has 0 radical (unpaired) electrons. The number of ether oxygens (including phenoxy) is 3.